The first-order valence-electron chi connectivity index (χ1n) is 5.32. The van der Waals surface area contributed by atoms with Gasteiger partial charge in [0.1, 0.15) is 5.75 Å². The van der Waals surface area contributed by atoms with Crippen LogP contribution in [0.2, 0.25) is 0 Å². The molecular formula is C12H18N2O2. The third-order valence-electron chi connectivity index (χ3n) is 2.24. The van der Waals surface area contributed by atoms with Crippen molar-refractivity contribution in [2.24, 2.45) is 0 Å². The molecule has 2 N–H and O–H groups in total. The van der Waals surface area contributed by atoms with Crippen LogP contribution in [-0.4, -0.2) is 26.1 Å². The van der Waals surface area contributed by atoms with Crippen molar-refractivity contribution in [3.8, 4) is 5.75 Å². The first-order valence-corrected chi connectivity index (χ1v) is 5.32. The van der Waals surface area contributed by atoms with Gasteiger partial charge in [-0.3, -0.25) is 4.79 Å². The Kier molecular flexibility index (Phi) is 4.64. The van der Waals surface area contributed by atoms with E-state index in [0.717, 1.165) is 17.0 Å². The molecule has 0 unspecified atom stereocenters. The van der Waals surface area contributed by atoms with Gasteiger partial charge in [0.05, 0.1) is 13.7 Å². The summed E-state index contributed by atoms with van der Waals surface area (Å²) in [5.74, 6) is 0.808. The van der Waals surface area contributed by atoms with Crippen LogP contribution in [0.25, 0.3) is 0 Å². The highest BCUT2D eigenvalue weighted by molar-refractivity contribution is 5.80. The molecule has 0 aliphatic heterocycles. The van der Waals surface area contributed by atoms with Crippen LogP contribution in [0.1, 0.15) is 12.5 Å². The second-order valence-electron chi connectivity index (χ2n) is 3.49. The summed E-state index contributed by atoms with van der Waals surface area (Å²) in [4.78, 5) is 11.2. The molecule has 4 heteroatoms. The van der Waals surface area contributed by atoms with Crippen LogP contribution in [0, 0.1) is 6.92 Å². The van der Waals surface area contributed by atoms with Crippen molar-refractivity contribution in [2.45, 2.75) is 13.8 Å². The highest BCUT2D eigenvalue weighted by Crippen LogP contribution is 2.21. The van der Waals surface area contributed by atoms with Crippen molar-refractivity contribution in [3.63, 3.8) is 0 Å². The lowest BCUT2D eigenvalue weighted by atomic mass is 10.2. The topological polar surface area (TPSA) is 50.4 Å². The number of benzene rings is 1. The van der Waals surface area contributed by atoms with Gasteiger partial charge >= 0.3 is 0 Å². The number of carbonyl (C=O) groups excluding carboxylic acids is 1. The van der Waals surface area contributed by atoms with Crippen molar-refractivity contribution < 1.29 is 9.53 Å². The lowest BCUT2D eigenvalue weighted by Crippen LogP contribution is -2.29. The van der Waals surface area contributed by atoms with Gasteiger partial charge in [-0.25, -0.2) is 0 Å². The fourth-order valence-electron chi connectivity index (χ4n) is 1.37. The van der Waals surface area contributed by atoms with Gasteiger partial charge in [-0.05, 0) is 25.5 Å². The normalized spacial score (nSPS) is 9.69. The van der Waals surface area contributed by atoms with E-state index >= 15 is 0 Å². The predicted octanol–water partition coefficient (Wildman–Crippen LogP) is 1.55. The average molecular weight is 222 g/mol. The second-order valence-corrected chi connectivity index (χ2v) is 3.49. The standard InChI is InChI=1S/C12H18N2O2/c1-4-13-12(15)8-14-10-6-5-9(2)11(7-10)16-3/h5-7,14H,4,8H2,1-3H3,(H,13,15). The Morgan fingerprint density at radius 1 is 1.44 bits per heavy atom. The average Bonchev–Trinajstić information content (AvgIpc) is 2.28. The summed E-state index contributed by atoms with van der Waals surface area (Å²) in [5, 5.41) is 5.76. The van der Waals surface area contributed by atoms with Crippen LogP contribution in [0.5, 0.6) is 5.75 Å². The van der Waals surface area contributed by atoms with Crippen LogP contribution < -0.4 is 15.4 Å². The Labute approximate surface area is 96.0 Å². The molecule has 4 nitrogen and oxygen atoms in total. The third-order valence-corrected chi connectivity index (χ3v) is 2.24. The lowest BCUT2D eigenvalue weighted by Gasteiger charge is -2.09. The van der Waals surface area contributed by atoms with Crippen molar-refractivity contribution in [1.29, 1.82) is 0 Å². The summed E-state index contributed by atoms with van der Waals surface area (Å²) < 4.78 is 5.20. The fraction of sp³-hybridized carbons (Fsp3) is 0.417. The minimum Gasteiger partial charge on any atom is -0.496 e. The summed E-state index contributed by atoms with van der Waals surface area (Å²) in [7, 11) is 1.63. The number of anilines is 1. The number of hydrogen-bond acceptors (Lipinski definition) is 3. The third kappa shape index (κ3) is 3.46. The van der Waals surface area contributed by atoms with Crippen molar-refractivity contribution in [2.75, 3.05) is 25.5 Å². The lowest BCUT2D eigenvalue weighted by molar-refractivity contribution is -0.119. The van der Waals surface area contributed by atoms with Crippen molar-refractivity contribution >= 4 is 11.6 Å². The summed E-state index contributed by atoms with van der Waals surface area (Å²) in [5.41, 5.74) is 1.96. The minimum atomic E-state index is -0.0120. The number of nitrogens with one attached hydrogen (secondary N) is 2. The quantitative estimate of drug-likeness (QED) is 0.794. The molecule has 0 saturated heterocycles. The zero-order valence-electron chi connectivity index (χ0n) is 9.96. The van der Waals surface area contributed by atoms with Crippen molar-refractivity contribution in [3.05, 3.63) is 23.8 Å². The maximum atomic E-state index is 11.2. The zero-order chi connectivity index (χ0) is 12.0. The van der Waals surface area contributed by atoms with Gasteiger partial charge in [0.25, 0.3) is 0 Å². The number of rotatable bonds is 5. The number of ether oxygens (including phenoxy) is 1. The van der Waals surface area contributed by atoms with Gasteiger partial charge in [0.2, 0.25) is 5.91 Å². The molecule has 88 valence electrons. The molecule has 1 aromatic rings. The molecule has 1 aromatic carbocycles. The van der Waals surface area contributed by atoms with Gasteiger partial charge in [-0.1, -0.05) is 6.07 Å². The Bertz CT molecular complexity index is 364. The Morgan fingerprint density at radius 3 is 2.81 bits per heavy atom. The van der Waals surface area contributed by atoms with Gasteiger partial charge in [-0.2, -0.15) is 0 Å². The van der Waals surface area contributed by atoms with E-state index in [1.165, 1.54) is 0 Å². The molecule has 0 bridgehead atoms. The molecular weight excluding hydrogens is 204 g/mol. The van der Waals surface area contributed by atoms with Gasteiger partial charge in [0, 0.05) is 18.3 Å². The molecule has 0 spiro atoms. The highest BCUT2D eigenvalue weighted by atomic mass is 16.5. The van der Waals surface area contributed by atoms with E-state index in [4.69, 9.17) is 4.74 Å². The highest BCUT2D eigenvalue weighted by Gasteiger charge is 2.02. The molecule has 0 aromatic heterocycles. The molecule has 0 atom stereocenters. The zero-order valence-corrected chi connectivity index (χ0v) is 9.96. The van der Waals surface area contributed by atoms with E-state index in [1.54, 1.807) is 7.11 Å². The molecule has 1 rings (SSSR count). The van der Waals surface area contributed by atoms with Crippen LogP contribution >= 0.6 is 0 Å². The largest absolute Gasteiger partial charge is 0.496 e. The van der Waals surface area contributed by atoms with Crippen LogP contribution in [0.15, 0.2) is 18.2 Å². The SMILES string of the molecule is CCNC(=O)CNc1ccc(C)c(OC)c1. The van der Waals surface area contributed by atoms with E-state index in [2.05, 4.69) is 10.6 Å². The summed E-state index contributed by atoms with van der Waals surface area (Å²) in [6.07, 6.45) is 0. The molecule has 0 aliphatic carbocycles. The molecule has 0 fully saturated rings. The first kappa shape index (κ1) is 12.4. The first-order chi connectivity index (χ1) is 7.67. The smallest absolute Gasteiger partial charge is 0.239 e. The van der Waals surface area contributed by atoms with Crippen LogP contribution in [0.3, 0.4) is 0 Å². The molecule has 0 heterocycles. The number of aryl methyl sites for hydroxylation is 1. The van der Waals surface area contributed by atoms with Crippen LogP contribution in [0.4, 0.5) is 5.69 Å². The predicted molar refractivity (Wildman–Crippen MR) is 64.9 cm³/mol. The molecule has 0 saturated carbocycles. The van der Waals surface area contributed by atoms with E-state index in [-0.39, 0.29) is 12.5 Å². The van der Waals surface area contributed by atoms with E-state index in [1.807, 2.05) is 32.0 Å². The Morgan fingerprint density at radius 2 is 2.19 bits per heavy atom. The van der Waals surface area contributed by atoms with Gasteiger partial charge < -0.3 is 15.4 Å². The Hall–Kier alpha value is -1.71. The Balaban J connectivity index is 2.57. The van der Waals surface area contributed by atoms with Crippen molar-refractivity contribution in [1.82, 2.24) is 5.32 Å². The van der Waals surface area contributed by atoms with Gasteiger partial charge in [-0.15, -0.1) is 0 Å². The summed E-state index contributed by atoms with van der Waals surface area (Å²) in [6, 6.07) is 5.77. The number of methoxy groups -OCH3 is 1. The van der Waals surface area contributed by atoms with E-state index in [0.29, 0.717) is 6.54 Å². The number of hydrogen-bond donors (Lipinski definition) is 2. The number of amides is 1. The molecule has 0 radical (unpaired) electrons. The molecule has 16 heavy (non-hydrogen) atoms. The maximum absolute atomic E-state index is 11.2. The maximum Gasteiger partial charge on any atom is 0.239 e. The van der Waals surface area contributed by atoms with E-state index in [9.17, 15) is 4.79 Å². The molecule has 1 amide bonds. The number of carbonyl (C=O) groups is 1. The summed E-state index contributed by atoms with van der Waals surface area (Å²) in [6.45, 7) is 4.80. The van der Waals surface area contributed by atoms with Gasteiger partial charge in [0.15, 0.2) is 0 Å². The summed E-state index contributed by atoms with van der Waals surface area (Å²) >= 11 is 0. The minimum absolute atomic E-state index is 0.0120. The molecule has 0 aliphatic rings. The second kappa shape index (κ2) is 6.00. The van der Waals surface area contributed by atoms with E-state index < -0.39 is 0 Å². The monoisotopic (exact) mass is 222 g/mol. The van der Waals surface area contributed by atoms with Crippen LogP contribution in [-0.2, 0) is 4.79 Å². The number of likely N-dealkylation sites (N-methyl/N-ethyl adjacent to an activating group) is 1. The fourth-order valence-corrected chi connectivity index (χ4v) is 1.37.